The van der Waals surface area contributed by atoms with Gasteiger partial charge in [0.25, 0.3) is 0 Å². The fourth-order valence-corrected chi connectivity index (χ4v) is 0.660. The van der Waals surface area contributed by atoms with E-state index in [1.165, 1.54) is 6.42 Å². The van der Waals surface area contributed by atoms with E-state index in [1.807, 2.05) is 0 Å². The molecule has 0 saturated carbocycles. The van der Waals surface area contributed by atoms with Gasteiger partial charge in [0.2, 0.25) is 0 Å². The molecule has 0 spiro atoms. The highest BCUT2D eigenvalue weighted by atomic mass is 31.1. The second kappa shape index (κ2) is 6.19. The third-order valence-electron chi connectivity index (χ3n) is 0.758. The lowest BCUT2D eigenvalue weighted by Gasteiger charge is -1.89. The quantitative estimate of drug-likeness (QED) is 0.445. The molecule has 0 fully saturated rings. The molecule has 0 aromatic heterocycles. The molecular weight excluding hydrogens is 109 g/mol. The van der Waals surface area contributed by atoms with E-state index >= 15 is 0 Å². The summed E-state index contributed by atoms with van der Waals surface area (Å²) in [5.41, 5.74) is 0. The van der Waals surface area contributed by atoms with Gasteiger partial charge in [0.15, 0.2) is 0 Å². The predicted octanol–water partition coefficient (Wildman–Crippen LogP) is 1.05. The first-order chi connectivity index (χ1) is 3.41. The van der Waals surface area contributed by atoms with Gasteiger partial charge in [-0.15, -0.1) is 0 Å². The van der Waals surface area contributed by atoms with Crippen molar-refractivity contribution < 1.29 is 4.57 Å². The van der Waals surface area contributed by atoms with E-state index in [9.17, 15) is 4.57 Å². The first-order valence-corrected chi connectivity index (χ1v) is 3.63. The average molecular weight is 121 g/mol. The zero-order valence-corrected chi connectivity index (χ0v) is 5.76. The minimum atomic E-state index is -0.719. The van der Waals surface area contributed by atoms with Crippen LogP contribution in [0.2, 0.25) is 0 Å². The molecule has 7 heavy (non-hydrogen) atoms. The number of rotatable bonds is 4. The average Bonchev–Trinajstić information content (AvgIpc) is 1.69. The monoisotopic (exact) mass is 121 g/mol. The van der Waals surface area contributed by atoms with Crippen LogP contribution in [-0.4, -0.2) is 6.54 Å². The summed E-state index contributed by atoms with van der Waals surface area (Å²) < 4.78 is 9.78. The molecule has 0 aliphatic heterocycles. The van der Waals surface area contributed by atoms with Crippen LogP contribution in [-0.2, 0) is 4.57 Å². The minimum absolute atomic E-state index is 0.719. The van der Waals surface area contributed by atoms with Crippen molar-refractivity contribution in [3.8, 4) is 0 Å². The van der Waals surface area contributed by atoms with Gasteiger partial charge in [-0.3, -0.25) is 5.09 Å². The standard InChI is InChI=1S/C4H12NOP/c1-2-3-4-5-7-6/h2-4,7H2,1H3,(H,5,6). The van der Waals surface area contributed by atoms with Gasteiger partial charge < -0.3 is 4.57 Å². The molecule has 0 aromatic rings. The van der Waals surface area contributed by atoms with Gasteiger partial charge in [0.1, 0.15) is 8.61 Å². The highest BCUT2D eigenvalue weighted by Crippen LogP contribution is 1.86. The molecule has 0 aromatic carbocycles. The number of hydrogen-bond acceptors (Lipinski definition) is 1. The topological polar surface area (TPSA) is 29.1 Å². The number of nitrogens with one attached hydrogen (secondary N) is 1. The predicted molar refractivity (Wildman–Crippen MR) is 33.3 cm³/mol. The van der Waals surface area contributed by atoms with Crippen LogP contribution in [0.25, 0.3) is 0 Å². The Kier molecular flexibility index (Phi) is 6.36. The molecule has 0 rings (SSSR count). The Balaban J connectivity index is 2.56. The fraction of sp³-hybridized carbons (Fsp3) is 1.00. The summed E-state index contributed by atoms with van der Waals surface area (Å²) >= 11 is 0. The highest BCUT2D eigenvalue weighted by molar-refractivity contribution is 7.21. The first kappa shape index (κ1) is 7.19. The summed E-state index contributed by atoms with van der Waals surface area (Å²) in [7, 11) is -0.719. The van der Waals surface area contributed by atoms with Crippen molar-refractivity contribution >= 4 is 8.61 Å². The maximum Gasteiger partial charge on any atom is 0.124 e. The summed E-state index contributed by atoms with van der Waals surface area (Å²) in [6, 6.07) is 0. The lowest BCUT2D eigenvalue weighted by molar-refractivity contribution is 0.589. The molecule has 44 valence electrons. The van der Waals surface area contributed by atoms with Crippen molar-refractivity contribution in [1.29, 1.82) is 0 Å². The molecule has 0 heterocycles. The van der Waals surface area contributed by atoms with Gasteiger partial charge in [0.05, 0.1) is 0 Å². The lowest BCUT2D eigenvalue weighted by atomic mass is 10.3. The van der Waals surface area contributed by atoms with Crippen molar-refractivity contribution in [3.05, 3.63) is 0 Å². The summed E-state index contributed by atoms with van der Waals surface area (Å²) in [6.45, 7) is 3.02. The van der Waals surface area contributed by atoms with Crippen LogP contribution >= 0.6 is 8.61 Å². The summed E-state index contributed by atoms with van der Waals surface area (Å²) in [5, 5.41) is 2.78. The van der Waals surface area contributed by atoms with Gasteiger partial charge in [0, 0.05) is 6.54 Å². The van der Waals surface area contributed by atoms with E-state index < -0.39 is 8.61 Å². The molecule has 3 heteroatoms. The molecule has 0 saturated heterocycles. The zero-order valence-electron chi connectivity index (χ0n) is 4.61. The van der Waals surface area contributed by atoms with Crippen molar-refractivity contribution in [3.63, 3.8) is 0 Å². The third kappa shape index (κ3) is 6.19. The Morgan fingerprint density at radius 1 is 1.71 bits per heavy atom. The maximum absolute atomic E-state index is 9.78. The van der Waals surface area contributed by atoms with Crippen LogP contribution in [0.4, 0.5) is 0 Å². The Hall–Kier alpha value is 0.190. The molecule has 0 amide bonds. The molecule has 1 atom stereocenters. The van der Waals surface area contributed by atoms with Gasteiger partial charge in [-0.1, -0.05) is 13.3 Å². The smallest absolute Gasteiger partial charge is 0.124 e. The normalized spacial score (nSPS) is 11.0. The van der Waals surface area contributed by atoms with Gasteiger partial charge in [-0.2, -0.15) is 0 Å². The Bertz CT molecular complexity index is 49.0. The Morgan fingerprint density at radius 3 is 2.86 bits per heavy atom. The molecule has 0 radical (unpaired) electrons. The van der Waals surface area contributed by atoms with Crippen LogP contribution in [0.5, 0.6) is 0 Å². The third-order valence-corrected chi connectivity index (χ3v) is 1.21. The van der Waals surface area contributed by atoms with E-state index in [2.05, 4.69) is 12.0 Å². The largest absolute Gasteiger partial charge is 0.313 e. The molecule has 1 unspecified atom stereocenters. The van der Waals surface area contributed by atoms with Crippen LogP contribution in [0.1, 0.15) is 19.8 Å². The van der Waals surface area contributed by atoms with Crippen molar-refractivity contribution in [2.24, 2.45) is 0 Å². The van der Waals surface area contributed by atoms with E-state index in [-0.39, 0.29) is 0 Å². The number of unbranched alkanes of at least 4 members (excludes halogenated alkanes) is 1. The summed E-state index contributed by atoms with van der Waals surface area (Å²) in [4.78, 5) is 0. The van der Waals surface area contributed by atoms with Crippen molar-refractivity contribution in [2.45, 2.75) is 19.8 Å². The number of hydrogen-bond donors (Lipinski definition) is 1. The molecule has 0 bridgehead atoms. The molecule has 0 aliphatic rings. The molecule has 2 nitrogen and oxygen atoms in total. The second-order valence-corrected chi connectivity index (χ2v) is 2.07. The Labute approximate surface area is 45.6 Å². The van der Waals surface area contributed by atoms with Crippen LogP contribution in [0, 0.1) is 0 Å². The van der Waals surface area contributed by atoms with E-state index in [0.29, 0.717) is 0 Å². The van der Waals surface area contributed by atoms with Crippen LogP contribution < -0.4 is 5.09 Å². The molecule has 1 N–H and O–H groups in total. The van der Waals surface area contributed by atoms with Crippen LogP contribution in [0.15, 0.2) is 0 Å². The van der Waals surface area contributed by atoms with Crippen molar-refractivity contribution in [1.82, 2.24) is 5.09 Å². The van der Waals surface area contributed by atoms with Gasteiger partial charge >= 0.3 is 0 Å². The van der Waals surface area contributed by atoms with Gasteiger partial charge in [-0.25, -0.2) is 0 Å². The van der Waals surface area contributed by atoms with Crippen LogP contribution in [0.3, 0.4) is 0 Å². The van der Waals surface area contributed by atoms with E-state index in [0.717, 1.165) is 13.0 Å². The van der Waals surface area contributed by atoms with E-state index in [1.54, 1.807) is 0 Å². The SMILES string of the molecule is CCCCN[PH2]=O. The minimum Gasteiger partial charge on any atom is -0.313 e. The Morgan fingerprint density at radius 2 is 2.43 bits per heavy atom. The zero-order chi connectivity index (χ0) is 5.54. The van der Waals surface area contributed by atoms with Gasteiger partial charge in [-0.05, 0) is 6.42 Å². The summed E-state index contributed by atoms with van der Waals surface area (Å²) in [5.74, 6) is 0. The molecule has 0 aliphatic carbocycles. The van der Waals surface area contributed by atoms with Crippen molar-refractivity contribution in [2.75, 3.05) is 6.54 Å². The van der Waals surface area contributed by atoms with E-state index in [4.69, 9.17) is 0 Å². The lowest BCUT2D eigenvalue weighted by Crippen LogP contribution is -1.98. The second-order valence-electron chi connectivity index (χ2n) is 1.43. The maximum atomic E-state index is 9.78. The highest BCUT2D eigenvalue weighted by Gasteiger charge is 1.76. The molecular formula is C4H12NOP. The fourth-order valence-electron chi connectivity index (χ4n) is 0.338. The first-order valence-electron chi connectivity index (χ1n) is 2.59. The summed E-state index contributed by atoms with van der Waals surface area (Å²) in [6.07, 6.45) is 2.31.